The first-order chi connectivity index (χ1) is 8.58. The summed E-state index contributed by atoms with van der Waals surface area (Å²) in [5.74, 6) is -0.0155. The van der Waals surface area contributed by atoms with Gasteiger partial charge in [-0.2, -0.15) is 0 Å². The van der Waals surface area contributed by atoms with Crippen LogP contribution in [0.25, 0.3) is 0 Å². The van der Waals surface area contributed by atoms with Crippen LogP contribution in [0, 0.1) is 0 Å². The molecule has 2 rings (SSSR count). The van der Waals surface area contributed by atoms with Crippen LogP contribution in [0.4, 0.5) is 0 Å². The monoisotopic (exact) mass is 348 g/mol. The normalized spacial score (nSPS) is 20.6. The zero-order valence-electron chi connectivity index (χ0n) is 10.7. The van der Waals surface area contributed by atoms with E-state index < -0.39 is 6.04 Å². The number of halogens is 2. The summed E-state index contributed by atoms with van der Waals surface area (Å²) >= 11 is 3.44. The van der Waals surface area contributed by atoms with E-state index in [2.05, 4.69) is 15.9 Å². The van der Waals surface area contributed by atoms with Gasteiger partial charge in [-0.1, -0.05) is 28.1 Å². The lowest BCUT2D eigenvalue weighted by Crippen LogP contribution is -2.48. The van der Waals surface area contributed by atoms with Crippen LogP contribution in [-0.2, 0) is 9.53 Å². The lowest BCUT2D eigenvalue weighted by molar-refractivity contribution is -0.140. The van der Waals surface area contributed by atoms with E-state index in [9.17, 15) is 4.79 Å². The molecule has 1 heterocycles. The SMILES string of the molecule is C[C@@H](N)C(=O)N1CCOC(c2cccc(Br)c2)C1.Cl. The summed E-state index contributed by atoms with van der Waals surface area (Å²) in [6.45, 7) is 3.45. The van der Waals surface area contributed by atoms with Gasteiger partial charge in [-0.3, -0.25) is 4.79 Å². The minimum Gasteiger partial charge on any atom is -0.370 e. The Hall–Kier alpha value is -0.620. The molecule has 1 unspecified atom stereocenters. The first kappa shape index (κ1) is 16.4. The zero-order valence-corrected chi connectivity index (χ0v) is 13.1. The summed E-state index contributed by atoms with van der Waals surface area (Å²) in [4.78, 5) is 13.7. The number of benzene rings is 1. The number of nitrogens with two attached hydrogens (primary N) is 1. The minimum absolute atomic E-state index is 0. The van der Waals surface area contributed by atoms with Crippen molar-refractivity contribution in [2.24, 2.45) is 5.73 Å². The van der Waals surface area contributed by atoms with Crippen LogP contribution < -0.4 is 5.73 Å². The Morgan fingerprint density at radius 1 is 1.58 bits per heavy atom. The molecule has 1 aromatic rings. The summed E-state index contributed by atoms with van der Waals surface area (Å²) in [7, 11) is 0. The van der Waals surface area contributed by atoms with Gasteiger partial charge >= 0.3 is 0 Å². The Morgan fingerprint density at radius 3 is 2.95 bits per heavy atom. The fourth-order valence-corrected chi connectivity index (χ4v) is 2.46. The van der Waals surface area contributed by atoms with Crippen LogP contribution >= 0.6 is 28.3 Å². The maximum absolute atomic E-state index is 11.9. The maximum Gasteiger partial charge on any atom is 0.239 e. The third kappa shape index (κ3) is 4.18. The number of hydrogen-bond acceptors (Lipinski definition) is 3. The molecule has 2 atom stereocenters. The Morgan fingerprint density at radius 2 is 2.32 bits per heavy atom. The van der Waals surface area contributed by atoms with Crippen LogP contribution in [0.5, 0.6) is 0 Å². The van der Waals surface area contributed by atoms with E-state index >= 15 is 0 Å². The van der Waals surface area contributed by atoms with Gasteiger partial charge in [-0.05, 0) is 24.6 Å². The highest BCUT2D eigenvalue weighted by Gasteiger charge is 2.26. The molecule has 19 heavy (non-hydrogen) atoms. The second-order valence-electron chi connectivity index (χ2n) is 4.49. The standard InChI is InChI=1S/C13H17BrN2O2.ClH/c1-9(15)13(17)16-5-6-18-12(8-16)10-3-2-4-11(14)7-10;/h2-4,7,9,12H,5-6,8,15H2,1H3;1H/t9-,12?;/m1./s1. The minimum atomic E-state index is -0.453. The molecule has 0 spiro atoms. The average Bonchev–Trinajstić information content (AvgIpc) is 2.38. The van der Waals surface area contributed by atoms with E-state index in [1.54, 1.807) is 11.8 Å². The van der Waals surface area contributed by atoms with Crippen molar-refractivity contribution in [3.63, 3.8) is 0 Å². The highest BCUT2D eigenvalue weighted by atomic mass is 79.9. The van der Waals surface area contributed by atoms with E-state index in [1.165, 1.54) is 0 Å². The van der Waals surface area contributed by atoms with Crippen molar-refractivity contribution >= 4 is 34.2 Å². The average molecular weight is 350 g/mol. The van der Waals surface area contributed by atoms with Crippen LogP contribution in [0.15, 0.2) is 28.7 Å². The van der Waals surface area contributed by atoms with Crippen molar-refractivity contribution < 1.29 is 9.53 Å². The van der Waals surface area contributed by atoms with Gasteiger partial charge in [0.1, 0.15) is 6.10 Å². The second-order valence-corrected chi connectivity index (χ2v) is 5.40. The molecule has 1 aliphatic rings. The number of ether oxygens (including phenoxy) is 1. The fourth-order valence-electron chi connectivity index (χ4n) is 2.05. The summed E-state index contributed by atoms with van der Waals surface area (Å²) in [5.41, 5.74) is 6.71. The largest absolute Gasteiger partial charge is 0.370 e. The summed E-state index contributed by atoms with van der Waals surface area (Å²) in [5, 5.41) is 0. The van der Waals surface area contributed by atoms with Crippen molar-refractivity contribution in [2.45, 2.75) is 19.1 Å². The Kier molecular flexibility index (Phi) is 6.26. The Balaban J connectivity index is 0.00000180. The smallest absolute Gasteiger partial charge is 0.239 e. The summed E-state index contributed by atoms with van der Waals surface area (Å²) in [6.07, 6.45) is -0.0704. The molecular formula is C13H18BrClN2O2. The molecule has 0 saturated carbocycles. The second kappa shape index (κ2) is 7.24. The molecule has 1 fully saturated rings. The van der Waals surface area contributed by atoms with E-state index in [1.807, 2.05) is 24.3 Å². The molecule has 2 N–H and O–H groups in total. The highest BCUT2D eigenvalue weighted by molar-refractivity contribution is 9.10. The molecule has 1 aliphatic heterocycles. The van der Waals surface area contributed by atoms with Gasteiger partial charge in [-0.25, -0.2) is 0 Å². The fraction of sp³-hybridized carbons (Fsp3) is 0.462. The molecule has 0 bridgehead atoms. The Labute approximate surface area is 127 Å². The summed E-state index contributed by atoms with van der Waals surface area (Å²) in [6, 6.07) is 7.51. The molecule has 0 radical (unpaired) electrons. The van der Waals surface area contributed by atoms with Crippen LogP contribution in [-0.4, -0.2) is 36.5 Å². The number of rotatable bonds is 2. The predicted octanol–water partition coefficient (Wildman–Crippen LogP) is 2.12. The molecule has 0 aliphatic carbocycles. The first-order valence-electron chi connectivity index (χ1n) is 5.99. The van der Waals surface area contributed by atoms with Gasteiger partial charge in [0.05, 0.1) is 19.2 Å². The van der Waals surface area contributed by atoms with Crippen LogP contribution in [0.2, 0.25) is 0 Å². The van der Waals surface area contributed by atoms with Crippen molar-refractivity contribution in [3.8, 4) is 0 Å². The topological polar surface area (TPSA) is 55.6 Å². The predicted molar refractivity (Wildman–Crippen MR) is 80.3 cm³/mol. The van der Waals surface area contributed by atoms with Crippen molar-refractivity contribution in [1.29, 1.82) is 0 Å². The van der Waals surface area contributed by atoms with Gasteiger partial charge < -0.3 is 15.4 Å². The molecule has 106 valence electrons. The number of hydrogen-bond donors (Lipinski definition) is 1. The Bertz CT molecular complexity index is 442. The number of amides is 1. The van der Waals surface area contributed by atoms with Gasteiger partial charge in [0.15, 0.2) is 0 Å². The van der Waals surface area contributed by atoms with Gasteiger partial charge in [0.2, 0.25) is 5.91 Å². The number of nitrogens with zero attached hydrogens (tertiary/aromatic N) is 1. The van der Waals surface area contributed by atoms with Gasteiger partial charge in [0, 0.05) is 11.0 Å². The van der Waals surface area contributed by atoms with Crippen molar-refractivity contribution in [3.05, 3.63) is 34.3 Å². The van der Waals surface area contributed by atoms with E-state index in [0.29, 0.717) is 19.7 Å². The number of carbonyl (C=O) groups excluding carboxylic acids is 1. The van der Waals surface area contributed by atoms with E-state index in [-0.39, 0.29) is 24.4 Å². The lowest BCUT2D eigenvalue weighted by atomic mass is 10.1. The van der Waals surface area contributed by atoms with E-state index in [0.717, 1.165) is 10.0 Å². The first-order valence-corrected chi connectivity index (χ1v) is 6.78. The molecule has 6 heteroatoms. The third-order valence-electron chi connectivity index (χ3n) is 2.99. The van der Waals surface area contributed by atoms with Crippen molar-refractivity contribution in [2.75, 3.05) is 19.7 Å². The number of morpholine rings is 1. The molecule has 0 aromatic heterocycles. The molecular weight excluding hydrogens is 332 g/mol. The van der Waals surface area contributed by atoms with Crippen molar-refractivity contribution in [1.82, 2.24) is 4.90 Å². The molecule has 1 saturated heterocycles. The molecule has 4 nitrogen and oxygen atoms in total. The van der Waals surface area contributed by atoms with Crippen LogP contribution in [0.1, 0.15) is 18.6 Å². The van der Waals surface area contributed by atoms with Gasteiger partial charge in [0.25, 0.3) is 0 Å². The third-order valence-corrected chi connectivity index (χ3v) is 3.48. The van der Waals surface area contributed by atoms with Gasteiger partial charge in [-0.15, -0.1) is 12.4 Å². The highest BCUT2D eigenvalue weighted by Crippen LogP contribution is 2.24. The zero-order chi connectivity index (χ0) is 13.1. The quantitative estimate of drug-likeness (QED) is 0.890. The maximum atomic E-state index is 11.9. The van der Waals surface area contributed by atoms with E-state index in [4.69, 9.17) is 10.5 Å². The summed E-state index contributed by atoms with van der Waals surface area (Å²) < 4.78 is 6.74. The molecule has 1 amide bonds. The van der Waals surface area contributed by atoms with Crippen LogP contribution in [0.3, 0.4) is 0 Å². The molecule has 1 aromatic carbocycles. The lowest BCUT2D eigenvalue weighted by Gasteiger charge is -2.34. The number of carbonyl (C=O) groups is 1.